The molecule has 0 saturated carbocycles. The second-order valence-electron chi connectivity index (χ2n) is 6.72. The molecule has 4 rings (SSSR count). The molecule has 1 amide bonds. The Morgan fingerprint density at radius 1 is 0.929 bits per heavy atom. The average Bonchev–Trinajstić information content (AvgIpc) is 3.05. The van der Waals surface area contributed by atoms with Crippen LogP contribution in [0.1, 0.15) is 18.9 Å². The summed E-state index contributed by atoms with van der Waals surface area (Å²) in [5, 5.41) is 15.9. The second-order valence-corrected chi connectivity index (χ2v) is 6.72. The Kier molecular flexibility index (Phi) is 4.81. The summed E-state index contributed by atoms with van der Waals surface area (Å²) in [5.74, 6) is 0.0618. The van der Waals surface area contributed by atoms with E-state index >= 15 is 0 Å². The van der Waals surface area contributed by atoms with Crippen molar-refractivity contribution in [1.29, 1.82) is 0 Å². The highest BCUT2D eigenvalue weighted by Crippen LogP contribution is 2.28. The van der Waals surface area contributed by atoms with Crippen molar-refractivity contribution < 1.29 is 9.90 Å². The van der Waals surface area contributed by atoms with Crippen LogP contribution in [0.2, 0.25) is 0 Å². The first kappa shape index (κ1) is 17.8. The molecule has 0 aliphatic rings. The van der Waals surface area contributed by atoms with Gasteiger partial charge in [0.2, 0.25) is 5.91 Å². The lowest BCUT2D eigenvalue weighted by Crippen LogP contribution is -2.20. The van der Waals surface area contributed by atoms with Crippen LogP contribution in [-0.2, 0) is 11.3 Å². The number of hydrazone groups is 1. The molecular formula is C23H21N3O2. The van der Waals surface area contributed by atoms with Gasteiger partial charge in [0.1, 0.15) is 5.75 Å². The van der Waals surface area contributed by atoms with Gasteiger partial charge in [-0.25, -0.2) is 5.43 Å². The lowest BCUT2D eigenvalue weighted by molar-refractivity contribution is -0.121. The number of fused-ring (bicyclic) bond motifs is 3. The molecule has 2 N–H and O–H groups in total. The van der Waals surface area contributed by atoms with E-state index in [1.54, 1.807) is 24.3 Å². The van der Waals surface area contributed by atoms with Gasteiger partial charge in [-0.05, 0) is 48.9 Å². The zero-order chi connectivity index (χ0) is 19.5. The number of nitrogens with zero attached hydrogens (tertiary/aromatic N) is 2. The third kappa shape index (κ3) is 3.47. The maximum absolute atomic E-state index is 12.3. The van der Waals surface area contributed by atoms with Gasteiger partial charge in [0.25, 0.3) is 0 Å². The lowest BCUT2D eigenvalue weighted by Gasteiger charge is -2.07. The largest absolute Gasteiger partial charge is 0.508 e. The highest BCUT2D eigenvalue weighted by atomic mass is 16.3. The van der Waals surface area contributed by atoms with E-state index in [9.17, 15) is 9.90 Å². The normalized spacial score (nSPS) is 11.8. The number of benzene rings is 3. The van der Waals surface area contributed by atoms with Crippen molar-refractivity contribution in [3.8, 4) is 5.75 Å². The highest BCUT2D eigenvalue weighted by molar-refractivity contribution is 6.08. The molecular weight excluding hydrogens is 350 g/mol. The van der Waals surface area contributed by atoms with Crippen LogP contribution in [0, 0.1) is 0 Å². The molecule has 3 aromatic carbocycles. The fourth-order valence-corrected chi connectivity index (χ4v) is 3.43. The van der Waals surface area contributed by atoms with Crippen molar-refractivity contribution in [1.82, 2.24) is 9.99 Å². The van der Waals surface area contributed by atoms with E-state index in [0.717, 1.165) is 16.6 Å². The van der Waals surface area contributed by atoms with Gasteiger partial charge in [-0.15, -0.1) is 0 Å². The number of aromatic nitrogens is 1. The second kappa shape index (κ2) is 7.56. The van der Waals surface area contributed by atoms with Gasteiger partial charge in [0.05, 0.1) is 5.71 Å². The third-order valence-electron chi connectivity index (χ3n) is 4.88. The fourth-order valence-electron chi connectivity index (χ4n) is 3.43. The molecule has 4 aromatic rings. The minimum atomic E-state index is -0.139. The monoisotopic (exact) mass is 371 g/mol. The Labute approximate surface area is 162 Å². The number of rotatable bonds is 5. The zero-order valence-corrected chi connectivity index (χ0v) is 15.6. The van der Waals surface area contributed by atoms with Crippen molar-refractivity contribution in [2.45, 2.75) is 19.9 Å². The number of carbonyl (C=O) groups excluding carboxylic acids is 1. The first-order valence-corrected chi connectivity index (χ1v) is 9.22. The summed E-state index contributed by atoms with van der Waals surface area (Å²) in [6.45, 7) is 2.40. The summed E-state index contributed by atoms with van der Waals surface area (Å²) >= 11 is 0. The lowest BCUT2D eigenvalue weighted by atomic mass is 10.1. The average molecular weight is 371 g/mol. The Bertz CT molecular complexity index is 1120. The Hall–Kier alpha value is -3.60. The summed E-state index contributed by atoms with van der Waals surface area (Å²) in [4.78, 5) is 12.3. The molecule has 0 bridgehead atoms. The van der Waals surface area contributed by atoms with Crippen LogP contribution in [0.4, 0.5) is 0 Å². The predicted octanol–water partition coefficient (Wildman–Crippen LogP) is 4.43. The zero-order valence-electron chi connectivity index (χ0n) is 15.6. The van der Waals surface area contributed by atoms with Gasteiger partial charge >= 0.3 is 0 Å². The number of phenolic OH excluding ortho intramolecular Hbond substituents is 1. The number of amides is 1. The number of carbonyl (C=O) groups is 1. The summed E-state index contributed by atoms with van der Waals surface area (Å²) < 4.78 is 2.18. The molecule has 0 unspecified atom stereocenters. The van der Waals surface area contributed by atoms with Gasteiger partial charge in [-0.3, -0.25) is 4.79 Å². The van der Waals surface area contributed by atoms with Crippen molar-refractivity contribution in [2.24, 2.45) is 5.10 Å². The van der Waals surface area contributed by atoms with E-state index in [2.05, 4.69) is 39.4 Å². The Morgan fingerprint density at radius 3 is 2.11 bits per heavy atom. The predicted molar refractivity (Wildman–Crippen MR) is 113 cm³/mol. The van der Waals surface area contributed by atoms with Gasteiger partial charge in [-0.1, -0.05) is 36.4 Å². The highest BCUT2D eigenvalue weighted by Gasteiger charge is 2.11. The van der Waals surface area contributed by atoms with Crippen LogP contribution in [0.5, 0.6) is 5.75 Å². The summed E-state index contributed by atoms with van der Waals surface area (Å²) in [6.07, 6.45) is 0.328. The number of aryl methyl sites for hydroxylation is 1. The maximum atomic E-state index is 12.3. The van der Waals surface area contributed by atoms with Crippen LogP contribution in [0.15, 0.2) is 77.9 Å². The molecule has 1 heterocycles. The number of para-hydroxylation sites is 2. The van der Waals surface area contributed by atoms with Crippen molar-refractivity contribution in [3.63, 3.8) is 0 Å². The molecule has 1 aromatic heterocycles. The quantitative estimate of drug-likeness (QED) is 0.403. The molecule has 0 radical (unpaired) electrons. The molecule has 0 spiro atoms. The SMILES string of the molecule is CC(=NNC(=O)CCn1c2ccccc2c2ccccc21)c1ccc(O)cc1. The molecule has 28 heavy (non-hydrogen) atoms. The third-order valence-corrected chi connectivity index (χ3v) is 4.88. The summed E-state index contributed by atoms with van der Waals surface area (Å²) in [7, 11) is 0. The van der Waals surface area contributed by atoms with Crippen molar-refractivity contribution in [2.75, 3.05) is 0 Å². The van der Waals surface area contributed by atoms with E-state index < -0.39 is 0 Å². The minimum Gasteiger partial charge on any atom is -0.508 e. The molecule has 0 aliphatic heterocycles. The van der Waals surface area contributed by atoms with E-state index in [4.69, 9.17) is 0 Å². The fraction of sp³-hybridized carbons (Fsp3) is 0.130. The molecule has 5 heteroatoms. The molecule has 140 valence electrons. The molecule has 0 fully saturated rings. The van der Waals surface area contributed by atoms with E-state index in [1.165, 1.54) is 10.8 Å². The van der Waals surface area contributed by atoms with Crippen molar-refractivity contribution >= 4 is 33.4 Å². The Balaban J connectivity index is 1.49. The Morgan fingerprint density at radius 2 is 1.50 bits per heavy atom. The van der Waals surface area contributed by atoms with Crippen LogP contribution in [0.25, 0.3) is 21.8 Å². The summed E-state index contributed by atoms with van der Waals surface area (Å²) in [5.41, 5.74) is 6.41. The van der Waals surface area contributed by atoms with E-state index in [-0.39, 0.29) is 11.7 Å². The van der Waals surface area contributed by atoms with Crippen molar-refractivity contribution in [3.05, 3.63) is 78.4 Å². The first-order chi connectivity index (χ1) is 13.6. The number of nitrogens with one attached hydrogen (secondary N) is 1. The number of hydrogen-bond donors (Lipinski definition) is 2. The van der Waals surface area contributed by atoms with Gasteiger partial charge in [-0.2, -0.15) is 5.10 Å². The van der Waals surface area contributed by atoms with E-state index in [1.807, 2.05) is 31.2 Å². The maximum Gasteiger partial charge on any atom is 0.241 e. The number of phenols is 1. The van der Waals surface area contributed by atoms with Gasteiger partial charge in [0.15, 0.2) is 0 Å². The minimum absolute atomic E-state index is 0.139. The topological polar surface area (TPSA) is 66.6 Å². The number of hydrogen-bond acceptors (Lipinski definition) is 3. The molecule has 0 saturated heterocycles. The van der Waals surface area contributed by atoms with Gasteiger partial charge < -0.3 is 9.67 Å². The first-order valence-electron chi connectivity index (χ1n) is 9.22. The van der Waals surface area contributed by atoms with Crippen LogP contribution in [-0.4, -0.2) is 21.3 Å². The van der Waals surface area contributed by atoms with Crippen LogP contribution in [0.3, 0.4) is 0 Å². The molecule has 0 aliphatic carbocycles. The summed E-state index contributed by atoms with van der Waals surface area (Å²) in [6, 6.07) is 23.2. The van der Waals surface area contributed by atoms with E-state index in [0.29, 0.717) is 18.7 Å². The number of aromatic hydroxyl groups is 1. The standard InChI is InChI=1S/C23H21N3O2/c1-16(17-10-12-18(27)13-11-17)24-25-23(28)14-15-26-21-8-4-2-6-19(21)20-7-3-5-9-22(20)26/h2-13,27H,14-15H2,1H3,(H,25,28). The van der Waals surface area contributed by atoms with Crippen LogP contribution < -0.4 is 5.43 Å². The smallest absolute Gasteiger partial charge is 0.241 e. The van der Waals surface area contributed by atoms with Gasteiger partial charge in [0, 0.05) is 34.8 Å². The molecule has 0 atom stereocenters. The van der Waals surface area contributed by atoms with Crippen LogP contribution >= 0.6 is 0 Å². The molecule has 5 nitrogen and oxygen atoms in total.